The lowest BCUT2D eigenvalue weighted by Gasteiger charge is -2.06. The van der Waals surface area contributed by atoms with E-state index >= 15 is 0 Å². The molecule has 1 aromatic carbocycles. The van der Waals surface area contributed by atoms with Gasteiger partial charge in [0.05, 0.1) is 7.11 Å². The van der Waals surface area contributed by atoms with Crippen LogP contribution in [0.4, 0.5) is 0 Å². The highest BCUT2D eigenvalue weighted by Gasteiger charge is 2.10. The van der Waals surface area contributed by atoms with E-state index in [1.807, 2.05) is 31.3 Å². The molecule has 0 radical (unpaired) electrons. The summed E-state index contributed by atoms with van der Waals surface area (Å²) >= 11 is 0. The fraction of sp³-hybridized carbons (Fsp3) is 0.467. The molecular weight excluding hydrogens is 254 g/mol. The molecule has 108 valence electrons. The highest BCUT2D eigenvalue weighted by Crippen LogP contribution is 2.19. The Kier molecular flexibility index (Phi) is 5.12. The molecule has 0 spiro atoms. The summed E-state index contributed by atoms with van der Waals surface area (Å²) in [6.45, 7) is 2.13. The van der Waals surface area contributed by atoms with Crippen molar-refractivity contribution in [3.63, 3.8) is 0 Å². The Labute approximate surface area is 119 Å². The normalized spacial score (nSPS) is 12.3. The van der Waals surface area contributed by atoms with Crippen molar-refractivity contribution in [2.24, 2.45) is 0 Å². The van der Waals surface area contributed by atoms with Crippen LogP contribution >= 0.6 is 0 Å². The van der Waals surface area contributed by atoms with E-state index < -0.39 is 0 Å². The number of methoxy groups -OCH3 is 1. The van der Waals surface area contributed by atoms with E-state index in [2.05, 4.69) is 22.4 Å². The molecule has 2 aromatic rings. The lowest BCUT2D eigenvalue weighted by atomic mass is 10.1. The summed E-state index contributed by atoms with van der Waals surface area (Å²) in [5.41, 5.74) is 1.06. The molecule has 5 nitrogen and oxygen atoms in total. The van der Waals surface area contributed by atoms with E-state index in [9.17, 15) is 0 Å². The molecule has 1 atom stereocenters. The minimum absolute atomic E-state index is 0.444. The molecule has 0 fully saturated rings. The summed E-state index contributed by atoms with van der Waals surface area (Å²) in [5, 5.41) is 7.22. The number of hydrogen-bond acceptors (Lipinski definition) is 5. The molecule has 1 aromatic heterocycles. The average molecular weight is 275 g/mol. The van der Waals surface area contributed by atoms with Crippen molar-refractivity contribution < 1.29 is 9.26 Å². The topological polar surface area (TPSA) is 60.2 Å². The van der Waals surface area contributed by atoms with Gasteiger partial charge in [-0.05, 0) is 26.5 Å². The zero-order chi connectivity index (χ0) is 14.4. The van der Waals surface area contributed by atoms with Crippen molar-refractivity contribution >= 4 is 0 Å². The van der Waals surface area contributed by atoms with Gasteiger partial charge < -0.3 is 14.6 Å². The quantitative estimate of drug-likeness (QED) is 0.839. The molecule has 5 heteroatoms. The van der Waals surface area contributed by atoms with Crippen molar-refractivity contribution in [2.75, 3.05) is 14.2 Å². The predicted molar refractivity (Wildman–Crippen MR) is 76.9 cm³/mol. The summed E-state index contributed by atoms with van der Waals surface area (Å²) < 4.78 is 10.6. The Morgan fingerprint density at radius 3 is 2.90 bits per heavy atom. The van der Waals surface area contributed by atoms with Crippen LogP contribution in [0.1, 0.15) is 30.6 Å². The van der Waals surface area contributed by atoms with Gasteiger partial charge in [-0.1, -0.05) is 23.4 Å². The third-order valence-corrected chi connectivity index (χ3v) is 3.34. The first kappa shape index (κ1) is 14.5. The number of para-hydroxylation sites is 1. The highest BCUT2D eigenvalue weighted by molar-refractivity contribution is 5.35. The number of ether oxygens (including phenoxy) is 1. The molecule has 1 unspecified atom stereocenters. The van der Waals surface area contributed by atoms with Gasteiger partial charge in [0.1, 0.15) is 5.75 Å². The predicted octanol–water partition coefficient (Wildman–Crippen LogP) is 2.21. The Hall–Kier alpha value is -1.88. The first-order valence-corrected chi connectivity index (χ1v) is 6.83. The third kappa shape index (κ3) is 3.81. The molecule has 2 rings (SSSR count). The second-order valence-electron chi connectivity index (χ2n) is 4.82. The summed E-state index contributed by atoms with van der Waals surface area (Å²) in [6.07, 6.45) is 2.39. The monoisotopic (exact) mass is 275 g/mol. The Morgan fingerprint density at radius 1 is 1.35 bits per heavy atom. The molecular formula is C15H21N3O2. The third-order valence-electron chi connectivity index (χ3n) is 3.34. The average Bonchev–Trinajstić information content (AvgIpc) is 2.93. The van der Waals surface area contributed by atoms with Crippen LogP contribution in [0, 0.1) is 0 Å². The summed E-state index contributed by atoms with van der Waals surface area (Å²) in [6, 6.07) is 8.32. The Balaban J connectivity index is 1.99. The molecule has 0 aliphatic rings. The Morgan fingerprint density at radius 2 is 2.15 bits per heavy atom. The second kappa shape index (κ2) is 7.05. The molecule has 0 aliphatic heterocycles. The lowest BCUT2D eigenvalue weighted by Crippen LogP contribution is -2.21. The zero-order valence-electron chi connectivity index (χ0n) is 12.2. The SMILES string of the molecule is CNC(C)CCc1nc(Cc2ccccc2OC)no1. The van der Waals surface area contributed by atoms with Crippen molar-refractivity contribution in [2.45, 2.75) is 32.2 Å². The minimum Gasteiger partial charge on any atom is -0.496 e. The van der Waals surface area contributed by atoms with Crippen molar-refractivity contribution in [1.82, 2.24) is 15.5 Å². The maximum absolute atomic E-state index is 5.32. The van der Waals surface area contributed by atoms with Gasteiger partial charge in [-0.25, -0.2) is 0 Å². The fourth-order valence-corrected chi connectivity index (χ4v) is 1.97. The zero-order valence-corrected chi connectivity index (χ0v) is 12.2. The van der Waals surface area contributed by atoms with Crippen molar-refractivity contribution in [3.8, 4) is 5.75 Å². The van der Waals surface area contributed by atoms with Crippen LogP contribution in [0.2, 0.25) is 0 Å². The van der Waals surface area contributed by atoms with E-state index in [-0.39, 0.29) is 0 Å². The van der Waals surface area contributed by atoms with Crippen LogP contribution in [0.25, 0.3) is 0 Å². The molecule has 0 bridgehead atoms. The van der Waals surface area contributed by atoms with Gasteiger partial charge in [0.25, 0.3) is 0 Å². The van der Waals surface area contributed by atoms with E-state index in [4.69, 9.17) is 9.26 Å². The van der Waals surface area contributed by atoms with Crippen LogP contribution < -0.4 is 10.1 Å². The fourth-order valence-electron chi connectivity index (χ4n) is 1.97. The smallest absolute Gasteiger partial charge is 0.226 e. The van der Waals surface area contributed by atoms with E-state index in [1.165, 1.54) is 0 Å². The molecule has 1 N–H and O–H groups in total. The van der Waals surface area contributed by atoms with Gasteiger partial charge in [-0.15, -0.1) is 0 Å². The maximum atomic E-state index is 5.32. The van der Waals surface area contributed by atoms with Gasteiger partial charge in [-0.2, -0.15) is 4.98 Å². The molecule has 0 saturated heterocycles. The van der Waals surface area contributed by atoms with Crippen LogP contribution in [0.5, 0.6) is 5.75 Å². The van der Waals surface area contributed by atoms with E-state index in [0.29, 0.717) is 24.2 Å². The van der Waals surface area contributed by atoms with E-state index in [1.54, 1.807) is 7.11 Å². The van der Waals surface area contributed by atoms with Crippen LogP contribution in [0.15, 0.2) is 28.8 Å². The highest BCUT2D eigenvalue weighted by atomic mass is 16.5. The van der Waals surface area contributed by atoms with Gasteiger partial charge in [-0.3, -0.25) is 0 Å². The number of aromatic nitrogens is 2. The number of nitrogens with one attached hydrogen (secondary N) is 1. The molecule has 0 aliphatic carbocycles. The van der Waals surface area contributed by atoms with Crippen LogP contribution in [-0.4, -0.2) is 30.3 Å². The molecule has 0 saturated carbocycles. The molecule has 0 amide bonds. The first-order valence-electron chi connectivity index (χ1n) is 6.83. The van der Waals surface area contributed by atoms with E-state index in [0.717, 1.165) is 24.2 Å². The minimum atomic E-state index is 0.444. The van der Waals surface area contributed by atoms with Crippen molar-refractivity contribution in [1.29, 1.82) is 0 Å². The second-order valence-corrected chi connectivity index (χ2v) is 4.82. The Bertz CT molecular complexity index is 539. The summed E-state index contributed by atoms with van der Waals surface area (Å²) in [4.78, 5) is 4.43. The van der Waals surface area contributed by atoms with Gasteiger partial charge in [0.2, 0.25) is 5.89 Å². The van der Waals surface area contributed by atoms with Crippen molar-refractivity contribution in [3.05, 3.63) is 41.5 Å². The van der Waals surface area contributed by atoms with Gasteiger partial charge >= 0.3 is 0 Å². The first-order chi connectivity index (χ1) is 9.72. The standard InChI is InChI=1S/C15H21N3O2/c1-11(16-2)8-9-15-17-14(18-20-15)10-12-6-4-5-7-13(12)19-3/h4-7,11,16H,8-10H2,1-3H3. The molecule has 20 heavy (non-hydrogen) atoms. The molecule has 1 heterocycles. The number of aryl methyl sites for hydroxylation is 1. The van der Waals surface area contributed by atoms with Crippen LogP contribution in [-0.2, 0) is 12.8 Å². The number of benzene rings is 1. The van der Waals surface area contributed by atoms with Gasteiger partial charge in [0.15, 0.2) is 5.82 Å². The summed E-state index contributed by atoms with van der Waals surface area (Å²) in [5.74, 6) is 2.24. The van der Waals surface area contributed by atoms with Gasteiger partial charge in [0, 0.05) is 24.4 Å². The number of nitrogens with zero attached hydrogens (tertiary/aromatic N) is 2. The number of rotatable bonds is 7. The maximum Gasteiger partial charge on any atom is 0.226 e. The number of hydrogen-bond donors (Lipinski definition) is 1. The van der Waals surface area contributed by atoms with Crippen LogP contribution in [0.3, 0.4) is 0 Å². The largest absolute Gasteiger partial charge is 0.496 e. The summed E-state index contributed by atoms with van der Waals surface area (Å²) in [7, 11) is 3.62. The lowest BCUT2D eigenvalue weighted by molar-refractivity contribution is 0.364.